The highest BCUT2D eigenvalue weighted by atomic mass is 35.5. The van der Waals surface area contributed by atoms with Crippen molar-refractivity contribution in [3.63, 3.8) is 0 Å². The number of nitrogens with one attached hydrogen (secondary N) is 1. The maximum absolute atomic E-state index is 12.6. The van der Waals surface area contributed by atoms with Crippen LogP contribution in [-0.2, 0) is 11.3 Å². The van der Waals surface area contributed by atoms with Gasteiger partial charge < -0.3 is 10.2 Å². The summed E-state index contributed by atoms with van der Waals surface area (Å²) in [5, 5.41) is 7.51. The molecule has 3 rings (SSSR count). The molecule has 0 spiro atoms. The van der Waals surface area contributed by atoms with Gasteiger partial charge in [0, 0.05) is 31.1 Å². The predicted octanol–water partition coefficient (Wildman–Crippen LogP) is 3.45. The molecule has 2 heterocycles. The SMILES string of the molecule is Cc1nnsc1C(=O)N1CCCC(CCC(=O)NCc2ccccc2Cl)C1. The van der Waals surface area contributed by atoms with Crippen molar-refractivity contribution in [3.8, 4) is 0 Å². The topological polar surface area (TPSA) is 75.2 Å². The maximum atomic E-state index is 12.6. The highest BCUT2D eigenvalue weighted by Gasteiger charge is 2.27. The Kier molecular flexibility index (Phi) is 6.79. The summed E-state index contributed by atoms with van der Waals surface area (Å²) in [4.78, 5) is 27.3. The Balaban J connectivity index is 1.45. The van der Waals surface area contributed by atoms with Crippen molar-refractivity contribution in [1.82, 2.24) is 19.8 Å². The fourth-order valence-corrected chi connectivity index (χ4v) is 4.14. The molecule has 0 radical (unpaired) electrons. The third-order valence-electron chi connectivity index (χ3n) is 4.87. The Morgan fingerprint density at radius 3 is 2.93 bits per heavy atom. The molecule has 1 aromatic heterocycles. The van der Waals surface area contributed by atoms with Crippen molar-refractivity contribution >= 4 is 34.9 Å². The van der Waals surface area contributed by atoms with Gasteiger partial charge in [-0.1, -0.05) is 34.3 Å². The fraction of sp³-hybridized carbons (Fsp3) is 0.474. The third-order valence-corrected chi connectivity index (χ3v) is 6.05. The van der Waals surface area contributed by atoms with E-state index in [1.165, 1.54) is 0 Å². The smallest absolute Gasteiger partial charge is 0.267 e. The van der Waals surface area contributed by atoms with E-state index in [1.807, 2.05) is 36.1 Å². The van der Waals surface area contributed by atoms with E-state index in [0.29, 0.717) is 41.0 Å². The molecule has 1 aliphatic heterocycles. The molecule has 1 unspecified atom stereocenters. The second-order valence-electron chi connectivity index (χ2n) is 6.85. The Morgan fingerprint density at radius 2 is 2.19 bits per heavy atom. The Hall–Kier alpha value is -1.99. The first-order valence-corrected chi connectivity index (χ1v) is 10.3. The average molecular weight is 407 g/mol. The summed E-state index contributed by atoms with van der Waals surface area (Å²) < 4.78 is 3.85. The lowest BCUT2D eigenvalue weighted by Crippen LogP contribution is -2.40. The highest BCUT2D eigenvalue weighted by molar-refractivity contribution is 7.07. The van der Waals surface area contributed by atoms with Gasteiger partial charge in [-0.25, -0.2) is 0 Å². The van der Waals surface area contributed by atoms with Gasteiger partial charge in [-0.3, -0.25) is 9.59 Å². The third kappa shape index (κ3) is 5.26. The van der Waals surface area contributed by atoms with Gasteiger partial charge in [0.15, 0.2) is 0 Å². The number of piperidine rings is 1. The van der Waals surface area contributed by atoms with Gasteiger partial charge in [0.1, 0.15) is 4.88 Å². The molecule has 1 aliphatic rings. The summed E-state index contributed by atoms with van der Waals surface area (Å²) in [5.41, 5.74) is 1.60. The minimum absolute atomic E-state index is 0.00960. The van der Waals surface area contributed by atoms with Gasteiger partial charge in [-0.15, -0.1) is 5.10 Å². The monoisotopic (exact) mass is 406 g/mol. The number of halogens is 1. The number of benzene rings is 1. The molecule has 1 aromatic carbocycles. The number of hydrogen-bond donors (Lipinski definition) is 1. The molecule has 0 saturated carbocycles. The molecule has 144 valence electrons. The highest BCUT2D eigenvalue weighted by Crippen LogP contribution is 2.24. The molecule has 0 bridgehead atoms. The lowest BCUT2D eigenvalue weighted by molar-refractivity contribution is -0.121. The molecule has 8 heteroatoms. The number of nitrogens with zero attached hydrogens (tertiary/aromatic N) is 3. The number of rotatable bonds is 6. The lowest BCUT2D eigenvalue weighted by atomic mass is 9.93. The Labute approximate surface area is 168 Å². The first kappa shape index (κ1) is 19.8. The summed E-state index contributed by atoms with van der Waals surface area (Å²) in [5.74, 6) is 0.367. The number of carbonyl (C=O) groups is 2. The minimum atomic E-state index is 0.00960. The van der Waals surface area contributed by atoms with Crippen LogP contribution in [0.1, 0.15) is 46.6 Å². The van der Waals surface area contributed by atoms with E-state index in [1.54, 1.807) is 0 Å². The van der Waals surface area contributed by atoms with Crippen LogP contribution in [0, 0.1) is 12.8 Å². The number of aromatic nitrogens is 2. The van der Waals surface area contributed by atoms with Gasteiger partial charge in [-0.2, -0.15) is 0 Å². The van der Waals surface area contributed by atoms with E-state index in [0.717, 1.165) is 42.9 Å². The molecule has 2 amide bonds. The second kappa shape index (κ2) is 9.28. The predicted molar refractivity (Wildman–Crippen MR) is 106 cm³/mol. The quantitative estimate of drug-likeness (QED) is 0.797. The molecule has 1 N–H and O–H groups in total. The standard InChI is InChI=1S/C19H23ClN4O2S/c1-13-18(27-23-22-13)19(26)24-10-4-5-14(12-24)8-9-17(25)21-11-15-6-2-3-7-16(15)20/h2-3,6-7,14H,4-5,8-12H2,1H3,(H,21,25). The zero-order valence-electron chi connectivity index (χ0n) is 15.3. The van der Waals surface area contributed by atoms with E-state index in [-0.39, 0.29) is 11.8 Å². The molecule has 6 nitrogen and oxygen atoms in total. The lowest BCUT2D eigenvalue weighted by Gasteiger charge is -2.32. The van der Waals surface area contributed by atoms with Crippen molar-refractivity contribution < 1.29 is 9.59 Å². The van der Waals surface area contributed by atoms with Crippen molar-refractivity contribution in [2.24, 2.45) is 5.92 Å². The first-order valence-electron chi connectivity index (χ1n) is 9.13. The number of carbonyl (C=O) groups excluding carboxylic acids is 2. The number of aryl methyl sites for hydroxylation is 1. The molecule has 27 heavy (non-hydrogen) atoms. The zero-order valence-corrected chi connectivity index (χ0v) is 16.9. The fourth-order valence-electron chi connectivity index (χ4n) is 3.32. The van der Waals surface area contributed by atoms with Crippen LogP contribution in [0.5, 0.6) is 0 Å². The average Bonchev–Trinajstić information content (AvgIpc) is 3.11. The molecule has 2 aromatic rings. The molecular formula is C19H23ClN4O2S. The van der Waals surface area contributed by atoms with Crippen molar-refractivity contribution in [2.45, 2.75) is 39.2 Å². The van der Waals surface area contributed by atoms with Gasteiger partial charge in [-0.05, 0) is 55.3 Å². The van der Waals surface area contributed by atoms with Gasteiger partial charge in [0.05, 0.1) is 5.69 Å². The summed E-state index contributed by atoms with van der Waals surface area (Å²) in [6, 6.07) is 7.50. The van der Waals surface area contributed by atoms with Crippen LogP contribution in [0.15, 0.2) is 24.3 Å². The van der Waals surface area contributed by atoms with Crippen LogP contribution in [0.25, 0.3) is 0 Å². The van der Waals surface area contributed by atoms with E-state index in [2.05, 4.69) is 14.9 Å². The largest absolute Gasteiger partial charge is 0.352 e. The number of hydrogen-bond acceptors (Lipinski definition) is 5. The molecular weight excluding hydrogens is 384 g/mol. The summed E-state index contributed by atoms with van der Waals surface area (Å²) in [6.07, 6.45) is 3.24. The van der Waals surface area contributed by atoms with Gasteiger partial charge >= 0.3 is 0 Å². The van der Waals surface area contributed by atoms with Crippen LogP contribution in [0.3, 0.4) is 0 Å². The molecule has 1 fully saturated rings. The minimum Gasteiger partial charge on any atom is -0.352 e. The molecule has 1 saturated heterocycles. The van der Waals surface area contributed by atoms with Crippen LogP contribution >= 0.6 is 23.1 Å². The summed E-state index contributed by atoms with van der Waals surface area (Å²) in [7, 11) is 0. The van der Waals surface area contributed by atoms with E-state index < -0.39 is 0 Å². The first-order chi connectivity index (χ1) is 13.0. The van der Waals surface area contributed by atoms with Crippen LogP contribution in [0.2, 0.25) is 5.02 Å². The van der Waals surface area contributed by atoms with Gasteiger partial charge in [0.2, 0.25) is 5.91 Å². The van der Waals surface area contributed by atoms with Crippen molar-refractivity contribution in [1.29, 1.82) is 0 Å². The number of likely N-dealkylation sites (tertiary alicyclic amines) is 1. The van der Waals surface area contributed by atoms with Crippen molar-refractivity contribution in [3.05, 3.63) is 45.4 Å². The van der Waals surface area contributed by atoms with Crippen LogP contribution < -0.4 is 5.32 Å². The van der Waals surface area contributed by atoms with E-state index >= 15 is 0 Å². The summed E-state index contributed by atoms with van der Waals surface area (Å²) in [6.45, 7) is 3.69. The Bertz CT molecular complexity index is 811. The zero-order chi connectivity index (χ0) is 19.2. The van der Waals surface area contributed by atoms with E-state index in [4.69, 9.17) is 11.6 Å². The number of amides is 2. The maximum Gasteiger partial charge on any atom is 0.267 e. The van der Waals surface area contributed by atoms with E-state index in [9.17, 15) is 9.59 Å². The summed E-state index contributed by atoms with van der Waals surface area (Å²) >= 11 is 7.26. The second-order valence-corrected chi connectivity index (χ2v) is 8.02. The van der Waals surface area contributed by atoms with Crippen molar-refractivity contribution in [2.75, 3.05) is 13.1 Å². The molecule has 0 aliphatic carbocycles. The molecule has 1 atom stereocenters. The Morgan fingerprint density at radius 1 is 1.37 bits per heavy atom. The van der Waals surface area contributed by atoms with Crippen LogP contribution in [-0.4, -0.2) is 39.4 Å². The van der Waals surface area contributed by atoms with Gasteiger partial charge in [0.25, 0.3) is 5.91 Å². The van der Waals surface area contributed by atoms with Crippen LogP contribution in [0.4, 0.5) is 0 Å². The normalized spacial score (nSPS) is 17.0.